The molecule has 0 radical (unpaired) electrons. The van der Waals surface area contributed by atoms with E-state index >= 15 is 0 Å². The van der Waals surface area contributed by atoms with Crippen molar-refractivity contribution >= 4 is 26.8 Å². The van der Waals surface area contributed by atoms with Gasteiger partial charge in [0.2, 0.25) is 11.7 Å². The van der Waals surface area contributed by atoms with Gasteiger partial charge in [-0.05, 0) is 24.3 Å². The molecule has 1 aliphatic rings. The van der Waals surface area contributed by atoms with Crippen molar-refractivity contribution < 1.29 is 22.3 Å². The van der Waals surface area contributed by atoms with E-state index in [0.29, 0.717) is 48.5 Å². The van der Waals surface area contributed by atoms with Gasteiger partial charge in [-0.3, -0.25) is 4.79 Å². The first-order chi connectivity index (χ1) is 16.8. The molecule has 1 amide bonds. The second-order valence-corrected chi connectivity index (χ2v) is 10.1. The molecule has 0 unspecified atom stereocenters. The van der Waals surface area contributed by atoms with Crippen molar-refractivity contribution in [3.63, 3.8) is 0 Å². The smallest absolute Gasteiger partial charge is 0.291 e. The minimum atomic E-state index is -3.30. The molecule has 3 aromatic heterocycles. The van der Waals surface area contributed by atoms with Crippen LogP contribution in [-0.2, 0) is 9.84 Å². The first kappa shape index (κ1) is 22.8. The lowest BCUT2D eigenvalue weighted by Crippen LogP contribution is -2.42. The Kier molecular flexibility index (Phi) is 5.84. The van der Waals surface area contributed by atoms with Gasteiger partial charge in [0.25, 0.3) is 5.91 Å². The third-order valence-electron chi connectivity index (χ3n) is 5.66. The molecular weight excluding hydrogens is 477 g/mol. The van der Waals surface area contributed by atoms with E-state index in [4.69, 9.17) is 4.74 Å². The van der Waals surface area contributed by atoms with Crippen molar-refractivity contribution in [3.05, 3.63) is 60.8 Å². The summed E-state index contributed by atoms with van der Waals surface area (Å²) in [5, 5.41) is 4.99. The number of carbonyl (C=O) groups excluding carboxylic acids is 1. The van der Waals surface area contributed by atoms with Crippen LogP contribution in [0.25, 0.3) is 16.7 Å². The third kappa shape index (κ3) is 4.67. The maximum atomic E-state index is 13.0. The van der Waals surface area contributed by atoms with E-state index in [2.05, 4.69) is 25.0 Å². The number of nitrogens with zero attached hydrogens (tertiary/aromatic N) is 7. The van der Waals surface area contributed by atoms with Crippen LogP contribution >= 0.6 is 0 Å². The van der Waals surface area contributed by atoms with Crippen molar-refractivity contribution in [2.45, 2.75) is 23.8 Å². The average molecular weight is 498 g/mol. The summed E-state index contributed by atoms with van der Waals surface area (Å²) in [7, 11) is -3.30. The normalized spacial score (nSPS) is 14.9. The van der Waals surface area contributed by atoms with Crippen molar-refractivity contribution in [1.82, 2.24) is 34.6 Å². The third-order valence-corrected chi connectivity index (χ3v) is 6.79. The van der Waals surface area contributed by atoms with Gasteiger partial charge in [0.15, 0.2) is 21.3 Å². The van der Waals surface area contributed by atoms with Crippen LogP contribution in [0.4, 0.5) is 4.39 Å². The first-order valence-electron chi connectivity index (χ1n) is 10.7. The van der Waals surface area contributed by atoms with Gasteiger partial charge in [0.1, 0.15) is 17.8 Å². The van der Waals surface area contributed by atoms with E-state index in [1.165, 1.54) is 18.5 Å². The van der Waals surface area contributed by atoms with Crippen molar-refractivity contribution in [2.24, 2.45) is 0 Å². The molecule has 1 aliphatic heterocycles. The molecule has 4 aromatic rings. The Morgan fingerprint density at radius 1 is 1.03 bits per heavy atom. The summed E-state index contributed by atoms with van der Waals surface area (Å²) in [4.78, 5) is 30.4. The van der Waals surface area contributed by atoms with Gasteiger partial charge >= 0.3 is 0 Å². The highest BCUT2D eigenvalue weighted by Gasteiger charge is 2.27. The number of sulfone groups is 1. The lowest BCUT2D eigenvalue weighted by atomic mass is 10.1. The van der Waals surface area contributed by atoms with Crippen LogP contribution in [-0.4, -0.2) is 74.4 Å². The molecule has 13 heteroatoms. The molecule has 1 aromatic carbocycles. The average Bonchev–Trinajstić information content (AvgIpc) is 3.29. The number of halogens is 1. The SMILES string of the molecule is CS(=O)(=O)c1ccc(-n2ncc3c(OC4CCN(C(=O)c5ncc(F)cn5)CC4)ncnc32)cc1. The van der Waals surface area contributed by atoms with Gasteiger partial charge in [-0.1, -0.05) is 0 Å². The molecule has 0 spiro atoms. The summed E-state index contributed by atoms with van der Waals surface area (Å²) in [5.74, 6) is -0.615. The van der Waals surface area contributed by atoms with Crippen LogP contribution < -0.4 is 4.74 Å². The number of fused-ring (bicyclic) bond motifs is 1. The summed E-state index contributed by atoms with van der Waals surface area (Å²) in [6, 6.07) is 6.34. The van der Waals surface area contributed by atoms with Gasteiger partial charge in [-0.2, -0.15) is 5.10 Å². The summed E-state index contributed by atoms with van der Waals surface area (Å²) in [5.41, 5.74) is 1.16. The highest BCUT2D eigenvalue weighted by molar-refractivity contribution is 7.90. The number of rotatable bonds is 5. The van der Waals surface area contributed by atoms with Crippen LogP contribution in [0, 0.1) is 5.82 Å². The largest absolute Gasteiger partial charge is 0.474 e. The predicted molar refractivity (Wildman–Crippen MR) is 121 cm³/mol. The highest BCUT2D eigenvalue weighted by atomic mass is 32.2. The maximum absolute atomic E-state index is 13.0. The lowest BCUT2D eigenvalue weighted by molar-refractivity contribution is 0.0579. The van der Waals surface area contributed by atoms with E-state index in [0.717, 1.165) is 18.6 Å². The van der Waals surface area contributed by atoms with Gasteiger partial charge in [-0.25, -0.2) is 37.4 Å². The Labute approximate surface area is 199 Å². The van der Waals surface area contributed by atoms with E-state index in [9.17, 15) is 17.6 Å². The Hall–Kier alpha value is -4.00. The molecule has 1 fully saturated rings. The fraction of sp³-hybridized carbons (Fsp3) is 0.273. The van der Waals surface area contributed by atoms with E-state index in [-0.39, 0.29) is 22.7 Å². The molecule has 4 heterocycles. The number of piperidine rings is 1. The van der Waals surface area contributed by atoms with Gasteiger partial charge in [-0.15, -0.1) is 0 Å². The van der Waals surface area contributed by atoms with Crippen LogP contribution in [0.5, 0.6) is 5.88 Å². The summed E-state index contributed by atoms with van der Waals surface area (Å²) in [6.07, 6.45) is 7.03. The Morgan fingerprint density at radius 2 is 1.71 bits per heavy atom. The van der Waals surface area contributed by atoms with Gasteiger partial charge in [0.05, 0.1) is 29.2 Å². The number of carbonyl (C=O) groups is 1. The Balaban J connectivity index is 1.29. The summed E-state index contributed by atoms with van der Waals surface area (Å²) < 4.78 is 44.2. The van der Waals surface area contributed by atoms with Crippen molar-refractivity contribution in [3.8, 4) is 11.6 Å². The summed E-state index contributed by atoms with van der Waals surface area (Å²) >= 11 is 0. The number of aromatic nitrogens is 6. The quantitative estimate of drug-likeness (QED) is 0.405. The number of amides is 1. The van der Waals surface area contributed by atoms with Gasteiger partial charge in [0, 0.05) is 32.2 Å². The molecule has 0 atom stereocenters. The molecule has 0 aliphatic carbocycles. The molecule has 0 saturated carbocycles. The monoisotopic (exact) mass is 497 g/mol. The van der Waals surface area contributed by atoms with Crippen LogP contribution in [0.3, 0.4) is 0 Å². The second-order valence-electron chi connectivity index (χ2n) is 8.07. The van der Waals surface area contributed by atoms with Crippen molar-refractivity contribution in [2.75, 3.05) is 19.3 Å². The van der Waals surface area contributed by atoms with Gasteiger partial charge < -0.3 is 9.64 Å². The molecule has 1 saturated heterocycles. The zero-order valence-electron chi connectivity index (χ0n) is 18.6. The molecule has 35 heavy (non-hydrogen) atoms. The number of hydrogen-bond donors (Lipinski definition) is 0. The maximum Gasteiger partial charge on any atom is 0.291 e. The van der Waals surface area contributed by atoms with E-state index < -0.39 is 15.7 Å². The molecule has 11 nitrogen and oxygen atoms in total. The number of ether oxygens (including phenoxy) is 1. The zero-order valence-corrected chi connectivity index (χ0v) is 19.4. The minimum absolute atomic E-state index is 0.0414. The predicted octanol–water partition coefficient (Wildman–Crippen LogP) is 1.83. The molecule has 0 N–H and O–H groups in total. The topological polar surface area (TPSA) is 133 Å². The fourth-order valence-corrected chi connectivity index (χ4v) is 4.47. The fourth-order valence-electron chi connectivity index (χ4n) is 3.84. The number of likely N-dealkylation sites (tertiary alicyclic amines) is 1. The highest BCUT2D eigenvalue weighted by Crippen LogP contribution is 2.26. The van der Waals surface area contributed by atoms with Crippen LogP contribution in [0.15, 0.2) is 54.1 Å². The summed E-state index contributed by atoms with van der Waals surface area (Å²) in [6.45, 7) is 0.870. The number of benzene rings is 1. The van der Waals surface area contributed by atoms with E-state index in [1.807, 2.05) is 0 Å². The molecular formula is C22H20FN7O4S. The van der Waals surface area contributed by atoms with E-state index in [1.54, 1.807) is 27.9 Å². The molecule has 0 bridgehead atoms. The second kappa shape index (κ2) is 8.98. The molecule has 5 rings (SSSR count). The van der Waals surface area contributed by atoms with Crippen molar-refractivity contribution in [1.29, 1.82) is 0 Å². The molecule has 180 valence electrons. The first-order valence-corrected chi connectivity index (χ1v) is 12.6. The van der Waals surface area contributed by atoms with Crippen LogP contribution in [0.1, 0.15) is 23.5 Å². The van der Waals surface area contributed by atoms with Crippen LogP contribution in [0.2, 0.25) is 0 Å². The number of hydrogen-bond acceptors (Lipinski definition) is 9. The Morgan fingerprint density at radius 3 is 2.37 bits per heavy atom. The standard InChI is InChI=1S/C22H20FN7O4S/c1-35(32,33)17-4-2-15(3-5-17)30-20-18(12-28-30)21(27-13-26-20)34-16-6-8-29(9-7-16)22(31)19-24-10-14(23)11-25-19/h2-5,10-13,16H,6-9H2,1H3. The lowest BCUT2D eigenvalue weighted by Gasteiger charge is -2.31. The Bertz CT molecular complexity index is 1480. The zero-order chi connectivity index (χ0) is 24.6. The minimum Gasteiger partial charge on any atom is -0.474 e.